The number of pyridine rings is 1. The number of fused-ring (bicyclic) bond motifs is 1. The van der Waals surface area contributed by atoms with E-state index >= 15 is 4.39 Å². The monoisotopic (exact) mass is 522 g/mol. The molecule has 2 atom stereocenters. The minimum Gasteiger partial charge on any atom is -0.368 e. The number of hydrogen-bond donors (Lipinski definition) is 1. The number of halogens is 1. The molecule has 0 spiro atoms. The normalized spacial score (nSPS) is 22.5. The Morgan fingerprint density at radius 1 is 1.03 bits per heavy atom. The summed E-state index contributed by atoms with van der Waals surface area (Å²) >= 11 is 1.70. The van der Waals surface area contributed by atoms with Crippen molar-refractivity contribution in [2.24, 2.45) is 0 Å². The van der Waals surface area contributed by atoms with Crippen molar-refractivity contribution in [2.75, 3.05) is 42.9 Å². The summed E-state index contributed by atoms with van der Waals surface area (Å²) < 4.78 is 17.4. The van der Waals surface area contributed by atoms with Crippen molar-refractivity contribution in [1.82, 2.24) is 29.4 Å². The van der Waals surface area contributed by atoms with E-state index in [0.717, 1.165) is 49.9 Å². The van der Waals surface area contributed by atoms with Gasteiger partial charge >= 0.3 is 0 Å². The number of piperazine rings is 1. The average molecular weight is 523 g/mol. The van der Waals surface area contributed by atoms with Gasteiger partial charge in [0.2, 0.25) is 5.95 Å². The van der Waals surface area contributed by atoms with Crippen molar-refractivity contribution in [3.05, 3.63) is 47.6 Å². The van der Waals surface area contributed by atoms with Gasteiger partial charge in [0.1, 0.15) is 11.6 Å². The lowest BCUT2D eigenvalue weighted by Gasteiger charge is -2.35. The second kappa shape index (κ2) is 10.2. The van der Waals surface area contributed by atoms with Crippen LogP contribution < -0.4 is 10.2 Å². The van der Waals surface area contributed by atoms with Crippen molar-refractivity contribution < 1.29 is 4.39 Å². The largest absolute Gasteiger partial charge is 0.368 e. The number of likely N-dealkylation sites (N-methyl/N-ethyl adjacent to an activating group) is 1. The highest BCUT2D eigenvalue weighted by atomic mass is 32.2. The minimum atomic E-state index is -0.376. The lowest BCUT2D eigenvalue weighted by atomic mass is 10.0. The van der Waals surface area contributed by atoms with Gasteiger partial charge in [0.05, 0.1) is 39.7 Å². The van der Waals surface area contributed by atoms with Crippen LogP contribution in [0.25, 0.3) is 0 Å². The van der Waals surface area contributed by atoms with Crippen LogP contribution in [0.15, 0.2) is 29.6 Å². The molecule has 2 unspecified atom stereocenters. The molecular weight excluding hydrogens is 487 g/mol. The number of aromatic nitrogens is 5. The molecule has 2 aliphatic heterocycles. The molecule has 1 saturated carbocycles. The summed E-state index contributed by atoms with van der Waals surface area (Å²) in [5.41, 5.74) is 2.61. The molecule has 10 heteroatoms. The molecule has 0 radical (unpaired) electrons. The van der Waals surface area contributed by atoms with E-state index in [2.05, 4.69) is 61.5 Å². The number of rotatable bonds is 6. The van der Waals surface area contributed by atoms with Gasteiger partial charge < -0.3 is 19.7 Å². The molecule has 3 aliphatic rings. The fourth-order valence-corrected chi connectivity index (χ4v) is 7.53. The van der Waals surface area contributed by atoms with Crippen LogP contribution in [0, 0.1) is 12.7 Å². The molecule has 0 bridgehead atoms. The van der Waals surface area contributed by atoms with Gasteiger partial charge in [0, 0.05) is 38.1 Å². The van der Waals surface area contributed by atoms with Gasteiger partial charge in [-0.3, -0.25) is 0 Å². The van der Waals surface area contributed by atoms with Crippen molar-refractivity contribution in [1.29, 1.82) is 0 Å². The fourth-order valence-electron chi connectivity index (χ4n) is 5.93. The van der Waals surface area contributed by atoms with Crippen LogP contribution in [0.3, 0.4) is 0 Å². The molecular formula is C27H35FN8S. The van der Waals surface area contributed by atoms with E-state index in [9.17, 15) is 0 Å². The Kier molecular flexibility index (Phi) is 6.79. The van der Waals surface area contributed by atoms with Gasteiger partial charge in [-0.1, -0.05) is 38.5 Å². The zero-order valence-corrected chi connectivity index (χ0v) is 22.6. The van der Waals surface area contributed by atoms with Crippen LogP contribution in [0.5, 0.6) is 0 Å². The molecule has 8 nitrogen and oxygen atoms in total. The molecule has 1 aliphatic carbocycles. The Balaban J connectivity index is 1.18. The number of anilines is 3. The predicted molar refractivity (Wildman–Crippen MR) is 145 cm³/mol. The molecule has 37 heavy (non-hydrogen) atoms. The Morgan fingerprint density at radius 3 is 2.51 bits per heavy atom. The first-order valence-corrected chi connectivity index (χ1v) is 14.4. The van der Waals surface area contributed by atoms with Crippen molar-refractivity contribution in [2.45, 2.75) is 68.7 Å². The molecule has 5 heterocycles. The van der Waals surface area contributed by atoms with Gasteiger partial charge in [0.25, 0.3) is 0 Å². The Hall–Kier alpha value is -2.72. The summed E-state index contributed by atoms with van der Waals surface area (Å²) in [6.45, 7) is 11.7. The topological polar surface area (TPSA) is 75.0 Å². The van der Waals surface area contributed by atoms with Crippen LogP contribution in [-0.2, 0) is 0 Å². The lowest BCUT2D eigenvalue weighted by Crippen LogP contribution is -2.46. The first-order valence-electron chi connectivity index (χ1n) is 13.5. The van der Waals surface area contributed by atoms with E-state index < -0.39 is 0 Å². The average Bonchev–Trinajstić information content (AvgIpc) is 3.63. The molecule has 2 fully saturated rings. The molecule has 196 valence electrons. The third-order valence-electron chi connectivity index (χ3n) is 8.10. The van der Waals surface area contributed by atoms with Crippen LogP contribution in [-0.4, -0.2) is 62.1 Å². The first-order chi connectivity index (χ1) is 18.0. The number of aryl methyl sites for hydroxylation is 1. The van der Waals surface area contributed by atoms with Gasteiger partial charge in [0.15, 0.2) is 5.82 Å². The highest BCUT2D eigenvalue weighted by Crippen LogP contribution is 2.55. The summed E-state index contributed by atoms with van der Waals surface area (Å²) in [4.78, 5) is 23.2. The van der Waals surface area contributed by atoms with Crippen LogP contribution in [0.2, 0.25) is 0 Å². The maximum atomic E-state index is 15.0. The SMILES string of the molecule is CCN1CCN(c2ccc(Nc3ncc(F)c(C4Sc5c(nc(C)n5C5CCCC5)C4C)n3)nc2)CC1. The van der Waals surface area contributed by atoms with E-state index in [4.69, 9.17) is 4.98 Å². The Morgan fingerprint density at radius 2 is 1.81 bits per heavy atom. The van der Waals surface area contributed by atoms with E-state index in [-0.39, 0.29) is 17.0 Å². The summed E-state index contributed by atoms with van der Waals surface area (Å²) in [7, 11) is 0. The van der Waals surface area contributed by atoms with Gasteiger partial charge in [-0.15, -0.1) is 0 Å². The molecule has 1 saturated heterocycles. The lowest BCUT2D eigenvalue weighted by molar-refractivity contribution is 0.271. The quantitative estimate of drug-likeness (QED) is 0.457. The summed E-state index contributed by atoms with van der Waals surface area (Å²) in [5, 5.41) is 4.23. The third-order valence-corrected chi connectivity index (χ3v) is 9.61. The zero-order chi connectivity index (χ0) is 25.5. The minimum absolute atomic E-state index is 0.0733. The molecule has 3 aromatic heterocycles. The van der Waals surface area contributed by atoms with Gasteiger partial charge in [-0.2, -0.15) is 0 Å². The van der Waals surface area contributed by atoms with E-state index in [1.807, 2.05) is 12.3 Å². The maximum absolute atomic E-state index is 15.0. The standard InChI is InChI=1S/C27H35FN8S/c1-4-34-11-13-35(14-12-34)20-9-10-22(29-15-20)32-27-30-16-21(28)24(33-27)25-17(2)23-26(37-25)36(18(3)31-23)19-7-5-6-8-19/h9-10,15-17,19,25H,4-8,11-14H2,1-3H3,(H,29,30,32,33). The fraction of sp³-hybridized carbons (Fsp3) is 0.556. The number of thioether (sulfide) groups is 1. The predicted octanol–water partition coefficient (Wildman–Crippen LogP) is 5.47. The molecule has 1 N–H and O–H groups in total. The zero-order valence-electron chi connectivity index (χ0n) is 21.8. The number of nitrogens with one attached hydrogen (secondary N) is 1. The summed E-state index contributed by atoms with van der Waals surface area (Å²) in [6, 6.07) is 4.52. The van der Waals surface area contributed by atoms with Crippen LogP contribution in [0.4, 0.5) is 21.8 Å². The van der Waals surface area contributed by atoms with E-state index in [1.165, 1.54) is 36.9 Å². The maximum Gasteiger partial charge on any atom is 0.228 e. The molecule has 3 aromatic rings. The van der Waals surface area contributed by atoms with Crippen molar-refractivity contribution >= 4 is 29.2 Å². The van der Waals surface area contributed by atoms with Crippen LogP contribution in [0.1, 0.15) is 74.0 Å². The van der Waals surface area contributed by atoms with E-state index in [1.54, 1.807) is 11.8 Å². The second-order valence-corrected chi connectivity index (χ2v) is 11.5. The Labute approximate surface area is 222 Å². The number of nitrogens with zero attached hydrogens (tertiary/aromatic N) is 7. The number of hydrogen-bond acceptors (Lipinski definition) is 8. The second-order valence-electron chi connectivity index (χ2n) is 10.4. The summed E-state index contributed by atoms with van der Waals surface area (Å²) in [5.74, 6) is 1.78. The smallest absolute Gasteiger partial charge is 0.228 e. The first kappa shape index (κ1) is 24.6. The third kappa shape index (κ3) is 4.69. The Bertz CT molecular complexity index is 1250. The van der Waals surface area contributed by atoms with Gasteiger partial charge in [-0.05, 0) is 38.4 Å². The highest BCUT2D eigenvalue weighted by Gasteiger charge is 2.40. The van der Waals surface area contributed by atoms with Crippen molar-refractivity contribution in [3.63, 3.8) is 0 Å². The summed E-state index contributed by atoms with van der Waals surface area (Å²) in [6.07, 6.45) is 8.07. The van der Waals surface area contributed by atoms with Crippen molar-refractivity contribution in [3.8, 4) is 0 Å². The molecule has 0 amide bonds. The number of imidazole rings is 1. The molecule has 6 rings (SSSR count). The molecule has 0 aromatic carbocycles. The van der Waals surface area contributed by atoms with Crippen LogP contribution >= 0.6 is 11.8 Å². The van der Waals surface area contributed by atoms with Gasteiger partial charge in [-0.25, -0.2) is 24.3 Å². The highest BCUT2D eigenvalue weighted by molar-refractivity contribution is 7.99. The van der Waals surface area contributed by atoms with E-state index in [0.29, 0.717) is 23.5 Å².